The second-order valence-corrected chi connectivity index (χ2v) is 6.38. The van der Waals surface area contributed by atoms with E-state index in [9.17, 15) is 9.90 Å². The number of carbonyl (C=O) groups is 1. The van der Waals surface area contributed by atoms with Crippen LogP contribution in [0.3, 0.4) is 0 Å². The molecule has 1 aromatic heterocycles. The zero-order valence-corrected chi connectivity index (χ0v) is 13.0. The van der Waals surface area contributed by atoms with Gasteiger partial charge < -0.3 is 10.4 Å². The van der Waals surface area contributed by atoms with Crippen molar-refractivity contribution >= 4 is 22.6 Å². The van der Waals surface area contributed by atoms with Crippen molar-refractivity contribution in [3.63, 3.8) is 0 Å². The third-order valence-corrected chi connectivity index (χ3v) is 4.23. The highest BCUT2D eigenvalue weighted by molar-refractivity contribution is 5.97. The second-order valence-electron chi connectivity index (χ2n) is 6.38. The molecule has 0 atom stereocenters. The van der Waals surface area contributed by atoms with E-state index in [1.165, 1.54) is 0 Å². The molecular weight excluding hydrogens is 264 g/mol. The van der Waals surface area contributed by atoms with Crippen molar-refractivity contribution < 1.29 is 9.90 Å². The number of aromatic carboxylic acids is 1. The lowest BCUT2D eigenvalue weighted by Crippen LogP contribution is -2.29. The Labute approximate surface area is 125 Å². The Morgan fingerprint density at radius 3 is 2.62 bits per heavy atom. The molecule has 0 fully saturated rings. The van der Waals surface area contributed by atoms with E-state index in [0.717, 1.165) is 17.3 Å². The second kappa shape index (κ2) is 5.72. The number of pyridine rings is 1. The van der Waals surface area contributed by atoms with Gasteiger partial charge in [0.15, 0.2) is 5.69 Å². The summed E-state index contributed by atoms with van der Waals surface area (Å²) in [5.74, 6) is 0.144. The lowest BCUT2D eigenvalue weighted by Gasteiger charge is -2.29. The van der Waals surface area contributed by atoms with Gasteiger partial charge in [0.1, 0.15) is 5.82 Å². The molecule has 0 aliphatic heterocycles. The van der Waals surface area contributed by atoms with Crippen LogP contribution in [0.2, 0.25) is 0 Å². The fourth-order valence-electron chi connectivity index (χ4n) is 1.96. The quantitative estimate of drug-likeness (QED) is 0.871. The van der Waals surface area contributed by atoms with Gasteiger partial charge >= 0.3 is 5.97 Å². The van der Waals surface area contributed by atoms with Crippen LogP contribution >= 0.6 is 0 Å². The molecule has 0 radical (unpaired) electrons. The summed E-state index contributed by atoms with van der Waals surface area (Å²) >= 11 is 0. The molecule has 4 heteroatoms. The lowest BCUT2D eigenvalue weighted by molar-refractivity contribution is 0.0691. The minimum atomic E-state index is -1.01. The summed E-state index contributed by atoms with van der Waals surface area (Å²) in [6.45, 7) is 9.48. The van der Waals surface area contributed by atoms with Gasteiger partial charge in [-0.15, -0.1) is 0 Å². The van der Waals surface area contributed by atoms with E-state index in [4.69, 9.17) is 0 Å². The van der Waals surface area contributed by atoms with Crippen molar-refractivity contribution in [2.75, 3.05) is 11.9 Å². The standard InChI is InChI=1S/C17H22N2O2/c1-11(2)17(3,4)10-18-15-13-8-6-5-7-12(13)9-14(19-15)16(20)21/h5-9,11H,10H2,1-4H3,(H,18,19)(H,20,21). The maximum atomic E-state index is 11.2. The number of rotatable bonds is 5. The maximum Gasteiger partial charge on any atom is 0.354 e. The third-order valence-electron chi connectivity index (χ3n) is 4.23. The number of anilines is 1. The number of nitrogens with one attached hydrogen (secondary N) is 1. The number of nitrogens with zero attached hydrogens (tertiary/aromatic N) is 1. The van der Waals surface area contributed by atoms with Crippen LogP contribution in [0.25, 0.3) is 10.8 Å². The molecule has 1 aromatic carbocycles. The Kier molecular flexibility index (Phi) is 4.16. The SMILES string of the molecule is CC(C)C(C)(C)CNc1nc(C(=O)O)cc2ccccc12. The van der Waals surface area contributed by atoms with E-state index in [1.54, 1.807) is 6.07 Å². The van der Waals surface area contributed by atoms with Gasteiger partial charge in [0, 0.05) is 11.9 Å². The summed E-state index contributed by atoms with van der Waals surface area (Å²) in [7, 11) is 0. The van der Waals surface area contributed by atoms with Crippen LogP contribution < -0.4 is 5.32 Å². The molecular formula is C17H22N2O2. The molecule has 112 valence electrons. The van der Waals surface area contributed by atoms with Crippen LogP contribution in [0.5, 0.6) is 0 Å². The molecule has 1 heterocycles. The number of hydrogen-bond donors (Lipinski definition) is 2. The van der Waals surface area contributed by atoms with Gasteiger partial charge in [-0.3, -0.25) is 0 Å². The normalized spacial score (nSPS) is 11.9. The van der Waals surface area contributed by atoms with Gasteiger partial charge in [0.2, 0.25) is 0 Å². The molecule has 0 unspecified atom stereocenters. The van der Waals surface area contributed by atoms with E-state index in [2.05, 4.69) is 38.0 Å². The summed E-state index contributed by atoms with van der Waals surface area (Å²) in [5, 5.41) is 14.4. The van der Waals surface area contributed by atoms with Crippen molar-refractivity contribution in [3.8, 4) is 0 Å². The minimum Gasteiger partial charge on any atom is -0.477 e. The topological polar surface area (TPSA) is 62.2 Å². The average Bonchev–Trinajstić information content (AvgIpc) is 2.44. The molecule has 0 saturated heterocycles. The highest BCUT2D eigenvalue weighted by atomic mass is 16.4. The van der Waals surface area contributed by atoms with E-state index < -0.39 is 5.97 Å². The molecule has 2 N–H and O–H groups in total. The van der Waals surface area contributed by atoms with Crippen molar-refractivity contribution in [3.05, 3.63) is 36.0 Å². The van der Waals surface area contributed by atoms with Crippen molar-refractivity contribution in [2.24, 2.45) is 11.3 Å². The molecule has 2 aromatic rings. The number of carboxylic acids is 1. The smallest absolute Gasteiger partial charge is 0.354 e. The highest BCUT2D eigenvalue weighted by Gasteiger charge is 2.22. The van der Waals surface area contributed by atoms with E-state index in [0.29, 0.717) is 11.7 Å². The number of benzene rings is 1. The number of carboxylic acid groups (broad SMARTS) is 1. The monoisotopic (exact) mass is 286 g/mol. The predicted octanol–water partition coefficient (Wildman–Crippen LogP) is 4.03. The zero-order chi connectivity index (χ0) is 15.6. The number of fused-ring (bicyclic) bond motifs is 1. The van der Waals surface area contributed by atoms with Crippen molar-refractivity contribution in [2.45, 2.75) is 27.7 Å². The third kappa shape index (κ3) is 3.32. The van der Waals surface area contributed by atoms with Crippen molar-refractivity contribution in [1.29, 1.82) is 0 Å². The summed E-state index contributed by atoms with van der Waals surface area (Å²) in [4.78, 5) is 15.5. The molecule has 0 aliphatic rings. The molecule has 2 rings (SSSR count). The van der Waals surface area contributed by atoms with Gasteiger partial charge in [0.05, 0.1) is 0 Å². The van der Waals surface area contributed by atoms with Crippen molar-refractivity contribution in [1.82, 2.24) is 4.98 Å². The molecule has 4 nitrogen and oxygen atoms in total. The van der Waals surface area contributed by atoms with Crippen LogP contribution in [0.15, 0.2) is 30.3 Å². The zero-order valence-electron chi connectivity index (χ0n) is 13.0. The lowest BCUT2D eigenvalue weighted by atomic mass is 9.81. The van der Waals surface area contributed by atoms with Gasteiger partial charge in [0.25, 0.3) is 0 Å². The fourth-order valence-corrected chi connectivity index (χ4v) is 1.96. The van der Waals surface area contributed by atoms with Gasteiger partial charge in [-0.1, -0.05) is 52.0 Å². The summed E-state index contributed by atoms with van der Waals surface area (Å²) in [6.07, 6.45) is 0. The van der Waals surface area contributed by atoms with Crippen LogP contribution in [0.4, 0.5) is 5.82 Å². The molecule has 0 saturated carbocycles. The average molecular weight is 286 g/mol. The molecule has 21 heavy (non-hydrogen) atoms. The Bertz CT molecular complexity index is 663. The summed E-state index contributed by atoms with van der Waals surface area (Å²) in [6, 6.07) is 9.30. The Hall–Kier alpha value is -2.10. The van der Waals surface area contributed by atoms with Crippen LogP contribution in [-0.4, -0.2) is 22.6 Å². The van der Waals surface area contributed by atoms with E-state index in [-0.39, 0.29) is 11.1 Å². The van der Waals surface area contributed by atoms with Gasteiger partial charge in [-0.25, -0.2) is 9.78 Å². The van der Waals surface area contributed by atoms with Crippen LogP contribution in [0, 0.1) is 11.3 Å². The minimum absolute atomic E-state index is 0.0681. The summed E-state index contributed by atoms with van der Waals surface area (Å²) in [5.41, 5.74) is 0.167. The summed E-state index contributed by atoms with van der Waals surface area (Å²) < 4.78 is 0. The highest BCUT2D eigenvalue weighted by Crippen LogP contribution is 2.28. The first-order chi connectivity index (χ1) is 9.81. The Balaban J connectivity index is 2.40. The van der Waals surface area contributed by atoms with Gasteiger partial charge in [-0.05, 0) is 22.8 Å². The molecule has 0 aliphatic carbocycles. The maximum absolute atomic E-state index is 11.2. The first-order valence-corrected chi connectivity index (χ1v) is 7.18. The first kappa shape index (κ1) is 15.3. The Morgan fingerprint density at radius 1 is 1.33 bits per heavy atom. The Morgan fingerprint density at radius 2 is 2.00 bits per heavy atom. The van der Waals surface area contributed by atoms with Crippen LogP contribution in [-0.2, 0) is 0 Å². The molecule has 0 bridgehead atoms. The van der Waals surface area contributed by atoms with E-state index in [1.807, 2.05) is 24.3 Å². The number of aromatic nitrogens is 1. The molecule has 0 amide bonds. The van der Waals surface area contributed by atoms with E-state index >= 15 is 0 Å². The van der Waals surface area contributed by atoms with Crippen LogP contribution in [0.1, 0.15) is 38.2 Å². The largest absolute Gasteiger partial charge is 0.477 e. The molecule has 0 spiro atoms. The predicted molar refractivity (Wildman–Crippen MR) is 85.8 cm³/mol. The number of hydrogen-bond acceptors (Lipinski definition) is 3. The fraction of sp³-hybridized carbons (Fsp3) is 0.412. The first-order valence-electron chi connectivity index (χ1n) is 7.18. The van der Waals surface area contributed by atoms with Gasteiger partial charge in [-0.2, -0.15) is 0 Å².